The Kier molecular flexibility index (Phi) is 5.47. The van der Waals surface area contributed by atoms with E-state index in [9.17, 15) is 13.2 Å². The Hall–Kier alpha value is -1.40. The van der Waals surface area contributed by atoms with Crippen molar-refractivity contribution in [2.24, 2.45) is 5.92 Å². The van der Waals surface area contributed by atoms with Crippen LogP contribution in [-0.4, -0.2) is 38.4 Å². The summed E-state index contributed by atoms with van der Waals surface area (Å²) in [7, 11) is -3.60. The highest BCUT2D eigenvalue weighted by Gasteiger charge is 2.35. The lowest BCUT2D eigenvalue weighted by Crippen LogP contribution is -2.43. The number of carbonyl (C=O) groups is 1. The minimum Gasteiger partial charge on any atom is -0.466 e. The zero-order chi connectivity index (χ0) is 17.2. The molecule has 2 rings (SSSR count). The fraction of sp³-hybridized carbons (Fsp3) is 0.588. The molecule has 0 aliphatic carbocycles. The van der Waals surface area contributed by atoms with Gasteiger partial charge in [0.15, 0.2) is 0 Å². The molecule has 0 amide bonds. The van der Waals surface area contributed by atoms with E-state index in [2.05, 4.69) is 0 Å². The molecule has 1 fully saturated rings. The van der Waals surface area contributed by atoms with Gasteiger partial charge in [0, 0.05) is 13.1 Å². The number of benzene rings is 1. The van der Waals surface area contributed by atoms with E-state index in [4.69, 9.17) is 4.74 Å². The molecule has 0 spiro atoms. The van der Waals surface area contributed by atoms with Crippen LogP contribution in [0.15, 0.2) is 17.0 Å². The van der Waals surface area contributed by atoms with Crippen molar-refractivity contribution in [3.63, 3.8) is 0 Å². The standard InChI is InChI=1S/C17H25NO4S/c1-5-22-17(19)15-7-6-8-18(11-15)23(20,21)16-13(3)9-12(2)10-14(16)4/h9-10,15H,5-8,11H2,1-4H3. The maximum Gasteiger partial charge on any atom is 0.310 e. The van der Waals surface area contributed by atoms with Crippen LogP contribution in [0.1, 0.15) is 36.5 Å². The van der Waals surface area contributed by atoms with Gasteiger partial charge in [0.05, 0.1) is 17.4 Å². The molecule has 1 saturated heterocycles. The van der Waals surface area contributed by atoms with E-state index in [-0.39, 0.29) is 18.4 Å². The molecule has 0 radical (unpaired) electrons. The first kappa shape index (κ1) is 17.9. The van der Waals surface area contributed by atoms with Gasteiger partial charge in [-0.1, -0.05) is 17.7 Å². The van der Waals surface area contributed by atoms with Gasteiger partial charge in [-0.2, -0.15) is 4.31 Å². The third-order valence-electron chi connectivity index (χ3n) is 4.21. The quantitative estimate of drug-likeness (QED) is 0.791. The summed E-state index contributed by atoms with van der Waals surface area (Å²) in [5.41, 5.74) is 2.54. The highest BCUT2D eigenvalue weighted by atomic mass is 32.2. The second-order valence-electron chi connectivity index (χ2n) is 6.18. The first-order valence-corrected chi connectivity index (χ1v) is 9.46. The predicted molar refractivity (Wildman–Crippen MR) is 88.8 cm³/mol. The van der Waals surface area contributed by atoms with Gasteiger partial charge in [-0.3, -0.25) is 4.79 Å². The Morgan fingerprint density at radius 3 is 2.43 bits per heavy atom. The Balaban J connectivity index is 2.31. The molecule has 0 N–H and O–H groups in total. The number of aryl methyl sites for hydroxylation is 3. The first-order valence-electron chi connectivity index (χ1n) is 8.02. The van der Waals surface area contributed by atoms with E-state index in [1.807, 2.05) is 32.9 Å². The molecule has 1 aromatic rings. The largest absolute Gasteiger partial charge is 0.466 e. The maximum absolute atomic E-state index is 13.0. The predicted octanol–water partition coefficient (Wildman–Crippen LogP) is 2.58. The number of piperidine rings is 1. The zero-order valence-corrected chi connectivity index (χ0v) is 15.1. The number of nitrogens with zero attached hydrogens (tertiary/aromatic N) is 1. The molecule has 5 nitrogen and oxygen atoms in total. The molecule has 0 saturated carbocycles. The van der Waals surface area contributed by atoms with Crippen LogP contribution in [0.3, 0.4) is 0 Å². The van der Waals surface area contributed by atoms with Crippen LogP contribution < -0.4 is 0 Å². The van der Waals surface area contributed by atoms with Crippen molar-refractivity contribution in [3.05, 3.63) is 28.8 Å². The Morgan fingerprint density at radius 1 is 1.26 bits per heavy atom. The number of rotatable bonds is 4. The number of esters is 1. The molecule has 1 atom stereocenters. The van der Waals surface area contributed by atoms with Gasteiger partial charge < -0.3 is 4.74 Å². The van der Waals surface area contributed by atoms with Crippen LogP contribution in [-0.2, 0) is 19.6 Å². The monoisotopic (exact) mass is 339 g/mol. The average molecular weight is 339 g/mol. The zero-order valence-electron chi connectivity index (χ0n) is 14.3. The molecule has 1 aliphatic heterocycles. The van der Waals surface area contributed by atoms with Gasteiger partial charge in [-0.05, 0) is 51.7 Å². The third kappa shape index (κ3) is 3.75. The summed E-state index contributed by atoms with van der Waals surface area (Å²) in [6.07, 6.45) is 1.35. The number of hydrogen-bond donors (Lipinski definition) is 0. The molecule has 23 heavy (non-hydrogen) atoms. The summed E-state index contributed by atoms with van der Waals surface area (Å²) in [5, 5.41) is 0. The number of hydrogen-bond acceptors (Lipinski definition) is 4. The van der Waals surface area contributed by atoms with Gasteiger partial charge in [-0.25, -0.2) is 8.42 Å². The van der Waals surface area contributed by atoms with Crippen molar-refractivity contribution < 1.29 is 17.9 Å². The highest BCUT2D eigenvalue weighted by Crippen LogP contribution is 2.29. The van der Waals surface area contributed by atoms with Gasteiger partial charge in [0.2, 0.25) is 10.0 Å². The van der Waals surface area contributed by atoms with Crippen molar-refractivity contribution >= 4 is 16.0 Å². The average Bonchev–Trinajstić information content (AvgIpc) is 2.46. The topological polar surface area (TPSA) is 63.7 Å². The maximum atomic E-state index is 13.0. The second kappa shape index (κ2) is 7.01. The molecule has 1 aromatic carbocycles. The highest BCUT2D eigenvalue weighted by molar-refractivity contribution is 7.89. The molecule has 128 valence electrons. The van der Waals surface area contributed by atoms with Crippen LogP contribution in [0.4, 0.5) is 0 Å². The van der Waals surface area contributed by atoms with Crippen molar-refractivity contribution in [3.8, 4) is 0 Å². The molecule has 1 heterocycles. The third-order valence-corrected chi connectivity index (χ3v) is 6.38. The Bertz CT molecular complexity index is 674. The lowest BCUT2D eigenvalue weighted by Gasteiger charge is -2.31. The number of carbonyl (C=O) groups excluding carboxylic acids is 1. The summed E-state index contributed by atoms with van der Waals surface area (Å²) in [5.74, 6) is -0.672. The van der Waals surface area contributed by atoms with E-state index < -0.39 is 10.0 Å². The first-order chi connectivity index (χ1) is 10.8. The van der Waals surface area contributed by atoms with E-state index in [0.717, 1.165) is 16.7 Å². The van der Waals surface area contributed by atoms with Crippen molar-refractivity contribution in [2.45, 2.75) is 45.4 Å². The number of ether oxygens (including phenoxy) is 1. The van der Waals surface area contributed by atoms with Crippen molar-refractivity contribution in [2.75, 3.05) is 19.7 Å². The summed E-state index contributed by atoms with van der Waals surface area (Å²) in [6.45, 7) is 8.32. The van der Waals surface area contributed by atoms with Gasteiger partial charge >= 0.3 is 5.97 Å². The molecule has 1 unspecified atom stereocenters. The van der Waals surface area contributed by atoms with Crippen LogP contribution in [0.2, 0.25) is 0 Å². The fourth-order valence-electron chi connectivity index (χ4n) is 3.32. The fourth-order valence-corrected chi connectivity index (χ4v) is 5.25. The minimum atomic E-state index is -3.60. The minimum absolute atomic E-state index is 0.202. The number of sulfonamides is 1. The van der Waals surface area contributed by atoms with E-state index in [0.29, 0.717) is 30.9 Å². The molecule has 0 aromatic heterocycles. The SMILES string of the molecule is CCOC(=O)C1CCCN(S(=O)(=O)c2c(C)cc(C)cc2C)C1. The van der Waals surface area contributed by atoms with E-state index >= 15 is 0 Å². The lowest BCUT2D eigenvalue weighted by molar-refractivity contribution is -0.149. The van der Waals surface area contributed by atoms with E-state index in [1.54, 1.807) is 6.92 Å². The molecular weight excluding hydrogens is 314 g/mol. The van der Waals surface area contributed by atoms with Crippen LogP contribution in [0.25, 0.3) is 0 Å². The second-order valence-corrected chi connectivity index (χ2v) is 8.06. The van der Waals surface area contributed by atoms with Crippen LogP contribution in [0, 0.1) is 26.7 Å². The Labute approximate surface area is 138 Å². The summed E-state index contributed by atoms with van der Waals surface area (Å²) in [6, 6.07) is 3.76. The Morgan fingerprint density at radius 2 is 1.87 bits per heavy atom. The van der Waals surface area contributed by atoms with Gasteiger partial charge in [0.1, 0.15) is 0 Å². The van der Waals surface area contributed by atoms with E-state index in [1.165, 1.54) is 4.31 Å². The normalized spacial score (nSPS) is 19.6. The smallest absolute Gasteiger partial charge is 0.310 e. The summed E-state index contributed by atoms with van der Waals surface area (Å²) < 4.78 is 32.6. The van der Waals surface area contributed by atoms with Gasteiger partial charge in [0.25, 0.3) is 0 Å². The summed E-state index contributed by atoms with van der Waals surface area (Å²) in [4.78, 5) is 12.3. The molecular formula is C17H25NO4S. The van der Waals surface area contributed by atoms with Crippen LogP contribution >= 0.6 is 0 Å². The summed E-state index contributed by atoms with van der Waals surface area (Å²) >= 11 is 0. The molecule has 0 bridgehead atoms. The van der Waals surface area contributed by atoms with Gasteiger partial charge in [-0.15, -0.1) is 0 Å². The molecule has 1 aliphatic rings. The van der Waals surface area contributed by atoms with Crippen LogP contribution in [0.5, 0.6) is 0 Å². The van der Waals surface area contributed by atoms with Crippen molar-refractivity contribution in [1.82, 2.24) is 4.31 Å². The van der Waals surface area contributed by atoms with Crippen molar-refractivity contribution in [1.29, 1.82) is 0 Å². The molecule has 6 heteroatoms. The lowest BCUT2D eigenvalue weighted by atomic mass is 10.0.